The van der Waals surface area contributed by atoms with Crippen LogP contribution in [0.25, 0.3) is 0 Å². The highest BCUT2D eigenvalue weighted by molar-refractivity contribution is 6.01. The molecule has 1 aromatic rings. The van der Waals surface area contributed by atoms with E-state index in [0.717, 1.165) is 0 Å². The summed E-state index contributed by atoms with van der Waals surface area (Å²) in [7, 11) is 1.53. The van der Waals surface area contributed by atoms with Crippen molar-refractivity contribution in [3.05, 3.63) is 29.3 Å². The maximum Gasteiger partial charge on any atom is 0.167 e. The van der Waals surface area contributed by atoms with Crippen LogP contribution in [-0.4, -0.2) is 18.0 Å². The molecule has 3 nitrogen and oxygen atoms in total. The average Bonchev–Trinajstić information content (AvgIpc) is 2.23. The van der Waals surface area contributed by atoms with E-state index >= 15 is 0 Å². The van der Waals surface area contributed by atoms with Gasteiger partial charge in [-0.05, 0) is 25.0 Å². The van der Waals surface area contributed by atoms with Crippen molar-refractivity contribution < 1.29 is 14.6 Å². The molecule has 1 unspecified atom stereocenters. The Morgan fingerprint density at radius 2 is 2.20 bits per heavy atom. The fourth-order valence-electron chi connectivity index (χ4n) is 2.05. The van der Waals surface area contributed by atoms with Crippen LogP contribution < -0.4 is 4.74 Å². The van der Waals surface area contributed by atoms with Crippen molar-refractivity contribution in [2.45, 2.75) is 25.4 Å². The van der Waals surface area contributed by atoms with Gasteiger partial charge in [-0.25, -0.2) is 0 Å². The molecule has 0 radical (unpaired) electrons. The van der Waals surface area contributed by atoms with Gasteiger partial charge in [-0.1, -0.05) is 12.1 Å². The summed E-state index contributed by atoms with van der Waals surface area (Å²) < 4.78 is 5.14. The minimum absolute atomic E-state index is 0.0500. The normalized spacial score (nSPS) is 24.9. The summed E-state index contributed by atoms with van der Waals surface area (Å²) in [5.41, 5.74) is 0.298. The molecule has 0 saturated heterocycles. The molecular formula is C12H14O3. The first-order chi connectivity index (χ1) is 7.06. The molecule has 0 spiro atoms. The highest BCUT2D eigenvalue weighted by atomic mass is 16.5. The monoisotopic (exact) mass is 206 g/mol. The van der Waals surface area contributed by atoms with E-state index in [4.69, 9.17) is 4.74 Å². The van der Waals surface area contributed by atoms with Gasteiger partial charge in [0.1, 0.15) is 5.75 Å². The summed E-state index contributed by atoms with van der Waals surface area (Å²) in [5, 5.41) is 10.2. The maximum absolute atomic E-state index is 11.8. The second kappa shape index (κ2) is 3.35. The van der Waals surface area contributed by atoms with Crippen molar-refractivity contribution in [1.82, 2.24) is 0 Å². The number of fused-ring (bicyclic) bond motifs is 1. The highest BCUT2D eigenvalue weighted by Crippen LogP contribution is 2.38. The second-order valence-corrected chi connectivity index (χ2v) is 4.08. The Labute approximate surface area is 88.7 Å². The number of aliphatic hydroxyl groups is 1. The number of ketones is 1. The fourth-order valence-corrected chi connectivity index (χ4v) is 2.05. The van der Waals surface area contributed by atoms with E-state index in [2.05, 4.69) is 0 Å². The van der Waals surface area contributed by atoms with Crippen molar-refractivity contribution in [1.29, 1.82) is 0 Å². The average molecular weight is 206 g/mol. The van der Waals surface area contributed by atoms with Crippen molar-refractivity contribution in [2.24, 2.45) is 0 Å². The molecule has 0 aliphatic heterocycles. The van der Waals surface area contributed by atoms with E-state index in [1.54, 1.807) is 25.1 Å². The first-order valence-corrected chi connectivity index (χ1v) is 4.99. The Balaban J connectivity index is 2.66. The van der Waals surface area contributed by atoms with Crippen LogP contribution in [0, 0.1) is 0 Å². The predicted molar refractivity (Wildman–Crippen MR) is 56.1 cm³/mol. The topological polar surface area (TPSA) is 46.5 Å². The van der Waals surface area contributed by atoms with Crippen LogP contribution in [-0.2, 0) is 5.60 Å². The van der Waals surface area contributed by atoms with E-state index in [1.807, 2.05) is 0 Å². The number of rotatable bonds is 1. The fraction of sp³-hybridized carbons (Fsp3) is 0.417. The zero-order chi connectivity index (χ0) is 11.1. The molecule has 2 rings (SSSR count). The lowest BCUT2D eigenvalue weighted by Gasteiger charge is -2.30. The molecule has 0 fully saturated rings. The van der Waals surface area contributed by atoms with Gasteiger partial charge in [0.25, 0.3) is 0 Å². The Kier molecular flexibility index (Phi) is 2.27. The first-order valence-electron chi connectivity index (χ1n) is 4.99. The largest absolute Gasteiger partial charge is 0.496 e. The van der Waals surface area contributed by atoms with Crippen LogP contribution in [0.2, 0.25) is 0 Å². The van der Waals surface area contributed by atoms with Gasteiger partial charge < -0.3 is 9.84 Å². The Hall–Kier alpha value is -1.35. The third kappa shape index (κ3) is 1.53. The molecule has 3 heteroatoms. The third-order valence-corrected chi connectivity index (χ3v) is 2.94. The minimum atomic E-state index is -0.919. The van der Waals surface area contributed by atoms with Crippen LogP contribution in [0.1, 0.15) is 35.7 Å². The number of carbonyl (C=O) groups excluding carboxylic acids is 1. The molecule has 1 N–H and O–H groups in total. The summed E-state index contributed by atoms with van der Waals surface area (Å²) in [4.78, 5) is 11.8. The van der Waals surface area contributed by atoms with Gasteiger partial charge in [0.05, 0.1) is 18.3 Å². The lowest BCUT2D eigenvalue weighted by molar-refractivity contribution is 0.0360. The summed E-state index contributed by atoms with van der Waals surface area (Å²) in [6.45, 7) is 1.73. The molecule has 1 aliphatic carbocycles. The van der Waals surface area contributed by atoms with Crippen LogP contribution in [0.4, 0.5) is 0 Å². The number of carbonyl (C=O) groups is 1. The van der Waals surface area contributed by atoms with Crippen LogP contribution in [0.15, 0.2) is 18.2 Å². The Morgan fingerprint density at radius 3 is 2.87 bits per heavy atom. The van der Waals surface area contributed by atoms with Crippen LogP contribution in [0.3, 0.4) is 0 Å². The number of Topliss-reactive ketones (excluding diaryl/α,β-unsaturated/α-hetero) is 1. The van der Waals surface area contributed by atoms with Crippen molar-refractivity contribution in [3.63, 3.8) is 0 Å². The van der Waals surface area contributed by atoms with Crippen molar-refractivity contribution >= 4 is 5.78 Å². The quantitative estimate of drug-likeness (QED) is 0.763. The molecule has 0 bridgehead atoms. The molecule has 1 aliphatic rings. The molecule has 0 saturated carbocycles. The zero-order valence-corrected chi connectivity index (χ0v) is 8.91. The molecule has 15 heavy (non-hydrogen) atoms. The number of ether oxygens (including phenoxy) is 1. The zero-order valence-electron chi connectivity index (χ0n) is 8.91. The lowest BCUT2D eigenvalue weighted by Crippen LogP contribution is -2.30. The summed E-state index contributed by atoms with van der Waals surface area (Å²) in [6.07, 6.45) is 0.854. The molecule has 1 aromatic carbocycles. The Morgan fingerprint density at radius 1 is 1.47 bits per heavy atom. The van der Waals surface area contributed by atoms with Crippen molar-refractivity contribution in [3.8, 4) is 5.75 Å². The van der Waals surface area contributed by atoms with Crippen molar-refractivity contribution in [2.75, 3.05) is 7.11 Å². The van der Waals surface area contributed by atoms with Gasteiger partial charge in [-0.15, -0.1) is 0 Å². The van der Waals surface area contributed by atoms with Gasteiger partial charge in [0.2, 0.25) is 0 Å². The van der Waals surface area contributed by atoms with Gasteiger partial charge in [0.15, 0.2) is 5.78 Å². The van der Waals surface area contributed by atoms with E-state index < -0.39 is 5.60 Å². The standard InChI is InChI=1S/C12H14O3/c1-12(14)7-6-9(13)11-8(12)4-3-5-10(11)15-2/h3-5,14H,6-7H2,1-2H3. The first kappa shape index (κ1) is 10.2. The van der Waals surface area contributed by atoms with Gasteiger partial charge >= 0.3 is 0 Å². The van der Waals surface area contributed by atoms with Crippen LogP contribution >= 0.6 is 0 Å². The maximum atomic E-state index is 11.8. The number of hydrogen-bond donors (Lipinski definition) is 1. The van der Waals surface area contributed by atoms with Crippen LogP contribution in [0.5, 0.6) is 5.75 Å². The molecule has 1 atom stereocenters. The smallest absolute Gasteiger partial charge is 0.167 e. The summed E-state index contributed by atoms with van der Waals surface area (Å²) in [6, 6.07) is 5.33. The molecule has 80 valence electrons. The summed E-state index contributed by atoms with van der Waals surface area (Å²) >= 11 is 0. The SMILES string of the molecule is COc1cccc2c1C(=O)CCC2(C)O. The molecule has 0 amide bonds. The number of methoxy groups -OCH3 is 1. The minimum Gasteiger partial charge on any atom is -0.496 e. The highest BCUT2D eigenvalue weighted by Gasteiger charge is 2.35. The molecule has 0 aromatic heterocycles. The van der Waals surface area contributed by atoms with E-state index in [0.29, 0.717) is 29.7 Å². The van der Waals surface area contributed by atoms with Gasteiger partial charge in [-0.2, -0.15) is 0 Å². The van der Waals surface area contributed by atoms with E-state index in [1.165, 1.54) is 7.11 Å². The predicted octanol–water partition coefficient (Wildman–Crippen LogP) is 1.88. The second-order valence-electron chi connectivity index (χ2n) is 4.08. The lowest BCUT2D eigenvalue weighted by atomic mass is 9.79. The molecular weight excluding hydrogens is 192 g/mol. The summed E-state index contributed by atoms with van der Waals surface area (Å²) in [5.74, 6) is 0.603. The van der Waals surface area contributed by atoms with Gasteiger partial charge in [-0.3, -0.25) is 4.79 Å². The van der Waals surface area contributed by atoms with E-state index in [9.17, 15) is 9.90 Å². The molecule has 0 heterocycles. The van der Waals surface area contributed by atoms with E-state index in [-0.39, 0.29) is 5.78 Å². The number of benzene rings is 1. The Bertz CT molecular complexity index is 407. The third-order valence-electron chi connectivity index (χ3n) is 2.94. The van der Waals surface area contributed by atoms with Gasteiger partial charge in [0, 0.05) is 6.42 Å². The number of hydrogen-bond acceptors (Lipinski definition) is 3.